The third kappa shape index (κ3) is 4.16. The minimum Gasteiger partial charge on any atom is -0.379 e. The Bertz CT molecular complexity index is 488. The Labute approximate surface area is 123 Å². The van der Waals surface area contributed by atoms with Crippen LogP contribution < -0.4 is 0 Å². The SMILES string of the molecule is FC(F)(F)c1c[nH]c(CCCN2CCOCC2)c1C(F)(F)F. The van der Waals surface area contributed by atoms with Crippen molar-refractivity contribution in [3.05, 3.63) is 23.0 Å². The molecule has 1 saturated heterocycles. The maximum absolute atomic E-state index is 12.9. The second kappa shape index (κ2) is 6.49. The van der Waals surface area contributed by atoms with E-state index in [0.29, 0.717) is 45.5 Å². The predicted octanol–water partition coefficient (Wildman–Crippen LogP) is 3.32. The third-order valence-corrected chi connectivity index (χ3v) is 3.56. The van der Waals surface area contributed by atoms with Crippen LogP contribution in [0, 0.1) is 0 Å². The molecule has 2 heterocycles. The zero-order valence-electron chi connectivity index (χ0n) is 11.7. The molecule has 1 aliphatic heterocycles. The predicted molar refractivity (Wildman–Crippen MR) is 66.4 cm³/mol. The van der Waals surface area contributed by atoms with Crippen molar-refractivity contribution in [2.45, 2.75) is 25.2 Å². The molecule has 0 spiro atoms. The molecular weight excluding hydrogens is 314 g/mol. The van der Waals surface area contributed by atoms with Gasteiger partial charge in [-0.1, -0.05) is 0 Å². The van der Waals surface area contributed by atoms with Crippen LogP contribution in [-0.2, 0) is 23.5 Å². The van der Waals surface area contributed by atoms with Crippen molar-refractivity contribution in [2.24, 2.45) is 0 Å². The van der Waals surface area contributed by atoms with Crippen molar-refractivity contribution in [1.29, 1.82) is 0 Å². The molecule has 0 aromatic carbocycles. The standard InChI is InChI=1S/C13H16F6N2O/c14-12(15,16)9-8-20-10(11(9)13(17,18)19)2-1-3-21-4-6-22-7-5-21/h8,20H,1-7H2. The van der Waals surface area contributed by atoms with Crippen molar-refractivity contribution in [3.8, 4) is 0 Å². The van der Waals surface area contributed by atoms with E-state index in [1.54, 1.807) is 0 Å². The van der Waals surface area contributed by atoms with Gasteiger partial charge in [0.05, 0.1) is 24.3 Å². The zero-order valence-corrected chi connectivity index (χ0v) is 11.7. The molecule has 22 heavy (non-hydrogen) atoms. The van der Waals surface area contributed by atoms with Crippen molar-refractivity contribution in [2.75, 3.05) is 32.8 Å². The van der Waals surface area contributed by atoms with Gasteiger partial charge in [-0.3, -0.25) is 4.90 Å². The molecule has 9 heteroatoms. The molecule has 1 fully saturated rings. The topological polar surface area (TPSA) is 28.3 Å². The molecule has 0 amide bonds. The Hall–Kier alpha value is -1.22. The Morgan fingerprint density at radius 1 is 1.05 bits per heavy atom. The molecule has 1 aromatic rings. The highest BCUT2D eigenvalue weighted by molar-refractivity contribution is 5.36. The summed E-state index contributed by atoms with van der Waals surface area (Å²) in [4.78, 5) is 4.16. The minimum atomic E-state index is -5.03. The first-order valence-corrected chi connectivity index (χ1v) is 6.84. The molecule has 0 radical (unpaired) electrons. The van der Waals surface area contributed by atoms with Gasteiger partial charge in [0.15, 0.2) is 0 Å². The summed E-state index contributed by atoms with van der Waals surface area (Å²) < 4.78 is 81.9. The second-order valence-corrected chi connectivity index (χ2v) is 5.11. The average molecular weight is 330 g/mol. The maximum Gasteiger partial charge on any atom is 0.418 e. The number of aromatic nitrogens is 1. The summed E-state index contributed by atoms with van der Waals surface area (Å²) in [5.74, 6) is 0. The first-order chi connectivity index (χ1) is 10.2. The number of morpholine rings is 1. The Balaban J connectivity index is 2.05. The molecule has 1 N–H and O–H groups in total. The molecule has 3 nitrogen and oxygen atoms in total. The van der Waals surface area contributed by atoms with E-state index in [0.717, 1.165) is 0 Å². The average Bonchev–Trinajstić information content (AvgIpc) is 2.84. The zero-order chi connectivity index (χ0) is 16.4. The molecule has 126 valence electrons. The summed E-state index contributed by atoms with van der Waals surface area (Å²) in [5, 5.41) is 0. The fraction of sp³-hybridized carbons (Fsp3) is 0.692. The number of nitrogens with zero attached hydrogens (tertiary/aromatic N) is 1. The van der Waals surface area contributed by atoms with Crippen LogP contribution in [0.3, 0.4) is 0 Å². The molecule has 2 rings (SSSR count). The Morgan fingerprint density at radius 3 is 2.23 bits per heavy atom. The van der Waals surface area contributed by atoms with E-state index in [2.05, 4.69) is 4.98 Å². The number of rotatable bonds is 4. The number of H-pyrrole nitrogens is 1. The molecule has 1 aliphatic rings. The van der Waals surface area contributed by atoms with E-state index in [9.17, 15) is 26.3 Å². The summed E-state index contributed by atoms with van der Waals surface area (Å²) in [5.41, 5.74) is -3.66. The quantitative estimate of drug-likeness (QED) is 0.858. The van der Waals surface area contributed by atoms with E-state index in [1.807, 2.05) is 4.90 Å². The van der Waals surface area contributed by atoms with E-state index in [4.69, 9.17) is 4.74 Å². The van der Waals surface area contributed by atoms with Crippen LogP contribution in [0.4, 0.5) is 26.3 Å². The summed E-state index contributed by atoms with van der Waals surface area (Å²) >= 11 is 0. The fourth-order valence-corrected chi connectivity index (χ4v) is 2.51. The molecule has 0 aliphatic carbocycles. The molecule has 1 aromatic heterocycles. The van der Waals surface area contributed by atoms with Crippen LogP contribution in [0.15, 0.2) is 6.20 Å². The van der Waals surface area contributed by atoms with Gasteiger partial charge in [-0.05, 0) is 19.4 Å². The Kier molecular flexibility index (Phi) is 5.06. The number of aryl methyl sites for hydroxylation is 1. The normalized spacial score (nSPS) is 17.9. The van der Waals surface area contributed by atoms with Gasteiger partial charge in [0.1, 0.15) is 0 Å². The van der Waals surface area contributed by atoms with Gasteiger partial charge < -0.3 is 9.72 Å². The summed E-state index contributed by atoms with van der Waals surface area (Å²) in [6.45, 7) is 3.03. The van der Waals surface area contributed by atoms with E-state index >= 15 is 0 Å². The fourth-order valence-electron chi connectivity index (χ4n) is 2.51. The molecular formula is C13H16F6N2O. The van der Waals surface area contributed by atoms with Crippen LogP contribution in [0.5, 0.6) is 0 Å². The first-order valence-electron chi connectivity index (χ1n) is 6.84. The molecule has 0 bridgehead atoms. The van der Waals surface area contributed by atoms with Gasteiger partial charge in [-0.2, -0.15) is 26.3 Å². The number of halogens is 6. The summed E-state index contributed by atoms with van der Waals surface area (Å²) in [7, 11) is 0. The van der Waals surface area contributed by atoms with Gasteiger partial charge in [0.2, 0.25) is 0 Å². The number of nitrogens with one attached hydrogen (secondary N) is 1. The monoisotopic (exact) mass is 330 g/mol. The first kappa shape index (κ1) is 17.1. The van der Waals surface area contributed by atoms with Crippen LogP contribution in [-0.4, -0.2) is 42.7 Å². The lowest BCUT2D eigenvalue weighted by Crippen LogP contribution is -2.37. The minimum absolute atomic E-state index is 0.0811. The van der Waals surface area contributed by atoms with E-state index < -0.39 is 29.2 Å². The number of hydrogen-bond donors (Lipinski definition) is 1. The van der Waals surface area contributed by atoms with E-state index in [-0.39, 0.29) is 6.42 Å². The maximum atomic E-state index is 12.9. The number of alkyl halides is 6. The molecule has 0 saturated carbocycles. The number of hydrogen-bond acceptors (Lipinski definition) is 2. The highest BCUT2D eigenvalue weighted by Crippen LogP contribution is 2.42. The van der Waals surface area contributed by atoms with Crippen LogP contribution in [0.2, 0.25) is 0 Å². The smallest absolute Gasteiger partial charge is 0.379 e. The van der Waals surface area contributed by atoms with Crippen LogP contribution in [0.25, 0.3) is 0 Å². The van der Waals surface area contributed by atoms with Gasteiger partial charge in [-0.25, -0.2) is 0 Å². The van der Waals surface area contributed by atoms with Gasteiger partial charge in [-0.15, -0.1) is 0 Å². The van der Waals surface area contributed by atoms with Gasteiger partial charge in [0, 0.05) is 25.0 Å². The van der Waals surface area contributed by atoms with Crippen LogP contribution >= 0.6 is 0 Å². The van der Waals surface area contributed by atoms with Crippen molar-refractivity contribution < 1.29 is 31.1 Å². The highest BCUT2D eigenvalue weighted by Gasteiger charge is 2.45. The molecule has 0 atom stereocenters. The number of ether oxygens (including phenoxy) is 1. The van der Waals surface area contributed by atoms with Gasteiger partial charge in [0.25, 0.3) is 0 Å². The van der Waals surface area contributed by atoms with E-state index in [1.165, 1.54) is 0 Å². The highest BCUT2D eigenvalue weighted by atomic mass is 19.4. The third-order valence-electron chi connectivity index (χ3n) is 3.56. The van der Waals surface area contributed by atoms with Crippen molar-refractivity contribution in [3.63, 3.8) is 0 Å². The Morgan fingerprint density at radius 2 is 1.68 bits per heavy atom. The summed E-state index contributed by atoms with van der Waals surface area (Å²) in [6, 6.07) is 0. The van der Waals surface area contributed by atoms with Gasteiger partial charge >= 0.3 is 12.4 Å². The van der Waals surface area contributed by atoms with Crippen molar-refractivity contribution in [1.82, 2.24) is 9.88 Å². The molecule has 0 unspecified atom stereocenters. The largest absolute Gasteiger partial charge is 0.418 e. The lowest BCUT2D eigenvalue weighted by molar-refractivity contribution is -0.161. The lowest BCUT2D eigenvalue weighted by Gasteiger charge is -2.26. The number of aromatic amines is 1. The van der Waals surface area contributed by atoms with Crippen LogP contribution in [0.1, 0.15) is 23.2 Å². The lowest BCUT2D eigenvalue weighted by atomic mass is 10.1. The van der Waals surface area contributed by atoms with Crippen molar-refractivity contribution >= 4 is 0 Å². The summed E-state index contributed by atoms with van der Waals surface area (Å²) in [6.07, 6.45) is -9.39. The second-order valence-electron chi connectivity index (χ2n) is 5.11.